The van der Waals surface area contributed by atoms with Gasteiger partial charge < -0.3 is 9.64 Å². The van der Waals surface area contributed by atoms with E-state index in [0.717, 1.165) is 12.1 Å². The lowest BCUT2D eigenvalue weighted by Crippen LogP contribution is -2.26. The first kappa shape index (κ1) is 14.3. The molecule has 3 nitrogen and oxygen atoms in total. The molecule has 2 aromatic rings. The number of nitrogens with zero attached hydrogens (tertiary/aromatic N) is 1. The first-order valence-corrected chi connectivity index (χ1v) is 7.10. The highest BCUT2D eigenvalue weighted by Gasteiger charge is 2.22. The highest BCUT2D eigenvalue weighted by Crippen LogP contribution is 2.27. The van der Waals surface area contributed by atoms with E-state index >= 15 is 0 Å². The molecule has 0 saturated heterocycles. The predicted molar refractivity (Wildman–Crippen MR) is 84.5 cm³/mol. The van der Waals surface area contributed by atoms with Crippen molar-refractivity contribution < 1.29 is 13.9 Å². The van der Waals surface area contributed by atoms with Gasteiger partial charge in [0.25, 0.3) is 5.91 Å². The number of ether oxygens (including phenoxy) is 1. The molecule has 112 valence electrons. The number of fused-ring (bicyclic) bond motifs is 1. The Bertz CT molecular complexity index is 740. The van der Waals surface area contributed by atoms with Crippen molar-refractivity contribution in [2.45, 2.75) is 6.42 Å². The molecule has 0 unspecified atom stereocenters. The molecule has 0 saturated carbocycles. The maximum absolute atomic E-state index is 13.6. The molecule has 1 amide bonds. The Hall–Kier alpha value is -2.62. The van der Waals surface area contributed by atoms with E-state index in [0.29, 0.717) is 12.1 Å². The summed E-state index contributed by atoms with van der Waals surface area (Å²) in [5, 5.41) is 0. The van der Waals surface area contributed by atoms with Crippen molar-refractivity contribution in [1.29, 1.82) is 0 Å². The van der Waals surface area contributed by atoms with Crippen LogP contribution >= 0.6 is 0 Å². The molecule has 4 heteroatoms. The Labute approximate surface area is 128 Å². The van der Waals surface area contributed by atoms with Crippen LogP contribution in [0.2, 0.25) is 0 Å². The van der Waals surface area contributed by atoms with Crippen molar-refractivity contribution in [1.82, 2.24) is 0 Å². The first-order valence-electron chi connectivity index (χ1n) is 7.10. The second-order valence-electron chi connectivity index (χ2n) is 5.10. The van der Waals surface area contributed by atoms with Crippen LogP contribution in [0, 0.1) is 5.82 Å². The first-order chi connectivity index (χ1) is 10.7. The van der Waals surface area contributed by atoms with Gasteiger partial charge in [0.15, 0.2) is 11.6 Å². The molecule has 1 aliphatic rings. The largest absolute Gasteiger partial charge is 0.494 e. The van der Waals surface area contributed by atoms with Gasteiger partial charge >= 0.3 is 0 Å². The quantitative estimate of drug-likeness (QED) is 0.812. The molecule has 1 aliphatic heterocycles. The van der Waals surface area contributed by atoms with Crippen molar-refractivity contribution in [3.63, 3.8) is 0 Å². The Morgan fingerprint density at radius 2 is 2.09 bits per heavy atom. The molecule has 1 heterocycles. The van der Waals surface area contributed by atoms with Gasteiger partial charge in [0.05, 0.1) is 7.11 Å². The minimum atomic E-state index is -0.441. The Morgan fingerprint density at radius 3 is 2.86 bits per heavy atom. The fourth-order valence-electron chi connectivity index (χ4n) is 2.61. The van der Waals surface area contributed by atoms with E-state index in [2.05, 4.69) is 0 Å². The summed E-state index contributed by atoms with van der Waals surface area (Å²) in [7, 11) is 1.42. The smallest absolute Gasteiger partial charge is 0.251 e. The van der Waals surface area contributed by atoms with E-state index in [-0.39, 0.29) is 11.7 Å². The number of carbonyl (C=O) groups excluding carboxylic acids is 1. The molecule has 0 atom stereocenters. The SMILES string of the molecule is COc1ccc(/C=C/C(=O)N2CCc3ccccc32)cc1F. The predicted octanol–water partition coefficient (Wildman–Crippen LogP) is 3.44. The minimum absolute atomic E-state index is 0.0961. The van der Waals surface area contributed by atoms with Gasteiger partial charge in [-0.15, -0.1) is 0 Å². The lowest BCUT2D eigenvalue weighted by Gasteiger charge is -2.14. The maximum atomic E-state index is 13.6. The van der Waals surface area contributed by atoms with E-state index in [9.17, 15) is 9.18 Å². The zero-order valence-electron chi connectivity index (χ0n) is 12.3. The average Bonchev–Trinajstić information content (AvgIpc) is 2.97. The van der Waals surface area contributed by atoms with Gasteiger partial charge in [0.1, 0.15) is 0 Å². The van der Waals surface area contributed by atoms with Crippen LogP contribution < -0.4 is 9.64 Å². The Balaban J connectivity index is 1.76. The normalized spacial score (nSPS) is 13.5. The van der Waals surface area contributed by atoms with Crippen molar-refractivity contribution in [3.05, 3.63) is 65.5 Å². The topological polar surface area (TPSA) is 29.5 Å². The van der Waals surface area contributed by atoms with Crippen molar-refractivity contribution in [2.75, 3.05) is 18.6 Å². The molecule has 0 aliphatic carbocycles. The number of halogens is 1. The number of para-hydroxylation sites is 1. The van der Waals surface area contributed by atoms with Crippen LogP contribution in [-0.4, -0.2) is 19.6 Å². The molecule has 0 radical (unpaired) electrons. The summed E-state index contributed by atoms with van der Waals surface area (Å²) in [4.78, 5) is 14.1. The van der Waals surface area contributed by atoms with Crippen LogP contribution in [0.25, 0.3) is 6.08 Å². The molecular formula is C18H16FNO2. The van der Waals surface area contributed by atoms with Crippen LogP contribution in [0.1, 0.15) is 11.1 Å². The van der Waals surface area contributed by atoms with Gasteiger partial charge in [-0.3, -0.25) is 4.79 Å². The van der Waals surface area contributed by atoms with Crippen LogP contribution in [-0.2, 0) is 11.2 Å². The number of methoxy groups -OCH3 is 1. The summed E-state index contributed by atoms with van der Waals surface area (Å²) >= 11 is 0. The zero-order chi connectivity index (χ0) is 15.5. The molecule has 22 heavy (non-hydrogen) atoms. The summed E-state index contributed by atoms with van der Waals surface area (Å²) in [5.41, 5.74) is 2.76. The minimum Gasteiger partial charge on any atom is -0.494 e. The van der Waals surface area contributed by atoms with Gasteiger partial charge in [-0.1, -0.05) is 24.3 Å². The summed E-state index contributed by atoms with van der Waals surface area (Å²) in [6.07, 6.45) is 3.96. The fraction of sp³-hybridized carbons (Fsp3) is 0.167. The van der Waals surface area contributed by atoms with Crippen LogP contribution in [0.15, 0.2) is 48.5 Å². The number of carbonyl (C=O) groups is 1. The van der Waals surface area contributed by atoms with E-state index in [1.807, 2.05) is 24.3 Å². The standard InChI is InChI=1S/C18H16FNO2/c1-22-17-8-6-13(12-15(17)19)7-9-18(21)20-11-10-14-4-2-3-5-16(14)20/h2-9,12H,10-11H2,1H3/b9-7+. The highest BCUT2D eigenvalue weighted by atomic mass is 19.1. The molecular weight excluding hydrogens is 281 g/mol. The summed E-state index contributed by atoms with van der Waals surface area (Å²) in [5.74, 6) is -0.346. The second-order valence-corrected chi connectivity index (χ2v) is 5.10. The third-order valence-electron chi connectivity index (χ3n) is 3.75. The molecule has 0 N–H and O–H groups in total. The van der Waals surface area contributed by atoms with Gasteiger partial charge in [-0.25, -0.2) is 4.39 Å². The van der Waals surface area contributed by atoms with E-state index in [1.54, 1.807) is 23.1 Å². The highest BCUT2D eigenvalue weighted by molar-refractivity contribution is 6.05. The number of benzene rings is 2. The van der Waals surface area contributed by atoms with Crippen LogP contribution in [0.4, 0.5) is 10.1 Å². The maximum Gasteiger partial charge on any atom is 0.251 e. The van der Waals surface area contributed by atoms with E-state index < -0.39 is 5.82 Å². The molecule has 3 rings (SSSR count). The second kappa shape index (κ2) is 6.02. The molecule has 0 fully saturated rings. The molecule has 0 spiro atoms. The number of amides is 1. The summed E-state index contributed by atoms with van der Waals surface area (Å²) in [6, 6.07) is 12.5. The third-order valence-corrected chi connectivity index (χ3v) is 3.75. The van der Waals surface area contributed by atoms with Crippen molar-refractivity contribution in [3.8, 4) is 5.75 Å². The van der Waals surface area contributed by atoms with Gasteiger partial charge in [0.2, 0.25) is 0 Å². The number of anilines is 1. The molecule has 0 bridgehead atoms. The number of hydrogen-bond acceptors (Lipinski definition) is 2. The molecule has 0 aromatic heterocycles. The van der Waals surface area contributed by atoms with Crippen molar-refractivity contribution >= 4 is 17.7 Å². The molecule has 2 aromatic carbocycles. The van der Waals surface area contributed by atoms with Crippen molar-refractivity contribution in [2.24, 2.45) is 0 Å². The summed E-state index contributed by atoms with van der Waals surface area (Å²) in [6.45, 7) is 0.680. The summed E-state index contributed by atoms with van der Waals surface area (Å²) < 4.78 is 18.5. The van der Waals surface area contributed by atoms with Gasteiger partial charge in [-0.05, 0) is 41.8 Å². The number of hydrogen-bond donors (Lipinski definition) is 0. The van der Waals surface area contributed by atoms with Gasteiger partial charge in [0, 0.05) is 18.3 Å². The van der Waals surface area contributed by atoms with E-state index in [1.165, 1.54) is 24.8 Å². The van der Waals surface area contributed by atoms with Crippen LogP contribution in [0.5, 0.6) is 5.75 Å². The van der Waals surface area contributed by atoms with Crippen LogP contribution in [0.3, 0.4) is 0 Å². The monoisotopic (exact) mass is 297 g/mol. The third kappa shape index (κ3) is 2.72. The van der Waals surface area contributed by atoms with Gasteiger partial charge in [-0.2, -0.15) is 0 Å². The zero-order valence-corrected chi connectivity index (χ0v) is 12.3. The Kier molecular flexibility index (Phi) is 3.92. The lowest BCUT2D eigenvalue weighted by atomic mass is 10.2. The average molecular weight is 297 g/mol. The fourth-order valence-corrected chi connectivity index (χ4v) is 2.61. The Morgan fingerprint density at radius 1 is 1.27 bits per heavy atom. The number of rotatable bonds is 3. The lowest BCUT2D eigenvalue weighted by molar-refractivity contribution is -0.114. The van der Waals surface area contributed by atoms with E-state index in [4.69, 9.17) is 4.74 Å².